The maximum absolute atomic E-state index is 11.9. The van der Waals surface area contributed by atoms with Gasteiger partial charge in [0, 0.05) is 17.8 Å². The molecule has 1 aliphatic carbocycles. The van der Waals surface area contributed by atoms with E-state index in [9.17, 15) is 4.79 Å². The van der Waals surface area contributed by atoms with Crippen LogP contribution in [0.2, 0.25) is 5.02 Å². The topological polar surface area (TPSA) is 70.7 Å². The van der Waals surface area contributed by atoms with Crippen molar-refractivity contribution >= 4 is 17.5 Å². The summed E-state index contributed by atoms with van der Waals surface area (Å²) in [4.78, 5) is 16.0. The van der Waals surface area contributed by atoms with Crippen LogP contribution in [0.25, 0.3) is 0 Å². The Morgan fingerprint density at radius 2 is 2.32 bits per heavy atom. The highest BCUT2D eigenvalue weighted by atomic mass is 35.5. The Labute approximate surface area is 115 Å². The van der Waals surface area contributed by atoms with E-state index in [-0.39, 0.29) is 5.91 Å². The van der Waals surface area contributed by atoms with Crippen molar-refractivity contribution in [3.63, 3.8) is 0 Å². The standard InChI is InChI=1S/C13H13ClN4O/c14-9-3-4-10(15-6-9)7-16-13(19)12-5-11(17-18-12)8-1-2-8/h3-6,8H,1-2,7H2,(H,16,19)(H,17,18). The highest BCUT2D eigenvalue weighted by Gasteiger charge is 2.26. The molecule has 0 spiro atoms. The van der Waals surface area contributed by atoms with E-state index < -0.39 is 0 Å². The van der Waals surface area contributed by atoms with Crippen LogP contribution in [-0.4, -0.2) is 21.1 Å². The third kappa shape index (κ3) is 2.93. The molecule has 0 aromatic carbocycles. The molecule has 0 atom stereocenters. The molecular weight excluding hydrogens is 264 g/mol. The van der Waals surface area contributed by atoms with Gasteiger partial charge in [-0.3, -0.25) is 14.9 Å². The SMILES string of the molecule is O=C(NCc1ccc(Cl)cn1)c1cc(C2CC2)[nH]n1. The maximum atomic E-state index is 11.9. The smallest absolute Gasteiger partial charge is 0.272 e. The number of nitrogens with one attached hydrogen (secondary N) is 2. The number of aromatic nitrogens is 3. The summed E-state index contributed by atoms with van der Waals surface area (Å²) in [5, 5.41) is 10.3. The predicted octanol–water partition coefficient (Wildman–Crippen LogP) is 2.27. The summed E-state index contributed by atoms with van der Waals surface area (Å²) in [6.07, 6.45) is 3.92. The molecule has 5 nitrogen and oxygen atoms in total. The number of nitrogens with zero attached hydrogens (tertiary/aromatic N) is 2. The van der Waals surface area contributed by atoms with Crippen molar-refractivity contribution in [3.8, 4) is 0 Å². The first-order valence-corrected chi connectivity index (χ1v) is 6.54. The Kier molecular flexibility index (Phi) is 3.21. The van der Waals surface area contributed by atoms with Crippen molar-refractivity contribution in [2.45, 2.75) is 25.3 Å². The fourth-order valence-electron chi connectivity index (χ4n) is 1.83. The molecule has 0 radical (unpaired) electrons. The monoisotopic (exact) mass is 276 g/mol. The lowest BCUT2D eigenvalue weighted by molar-refractivity contribution is 0.0945. The first-order valence-electron chi connectivity index (χ1n) is 6.16. The first-order chi connectivity index (χ1) is 9.22. The van der Waals surface area contributed by atoms with Crippen molar-refractivity contribution in [1.82, 2.24) is 20.5 Å². The highest BCUT2D eigenvalue weighted by molar-refractivity contribution is 6.30. The fraction of sp³-hybridized carbons (Fsp3) is 0.308. The van der Waals surface area contributed by atoms with E-state index in [4.69, 9.17) is 11.6 Å². The van der Waals surface area contributed by atoms with Gasteiger partial charge in [-0.15, -0.1) is 0 Å². The van der Waals surface area contributed by atoms with Crippen LogP contribution in [0.15, 0.2) is 24.4 Å². The number of H-pyrrole nitrogens is 1. The second-order valence-corrected chi connectivity index (χ2v) is 5.07. The second kappa shape index (κ2) is 5.01. The van der Waals surface area contributed by atoms with Gasteiger partial charge in [0.15, 0.2) is 0 Å². The van der Waals surface area contributed by atoms with Gasteiger partial charge >= 0.3 is 0 Å². The highest BCUT2D eigenvalue weighted by Crippen LogP contribution is 2.38. The minimum absolute atomic E-state index is 0.195. The first kappa shape index (κ1) is 12.2. The number of rotatable bonds is 4. The molecular formula is C13H13ClN4O. The van der Waals surface area contributed by atoms with E-state index in [1.165, 1.54) is 12.8 Å². The number of aromatic amines is 1. The maximum Gasteiger partial charge on any atom is 0.272 e. The molecule has 2 N–H and O–H groups in total. The van der Waals surface area contributed by atoms with Crippen molar-refractivity contribution < 1.29 is 4.79 Å². The van der Waals surface area contributed by atoms with E-state index in [0.717, 1.165) is 11.4 Å². The van der Waals surface area contributed by atoms with Crippen LogP contribution >= 0.6 is 11.6 Å². The lowest BCUT2D eigenvalue weighted by Gasteiger charge is -2.02. The summed E-state index contributed by atoms with van der Waals surface area (Å²) >= 11 is 5.74. The number of hydrogen-bond donors (Lipinski definition) is 2. The van der Waals surface area contributed by atoms with Gasteiger partial charge in [-0.05, 0) is 31.0 Å². The molecule has 19 heavy (non-hydrogen) atoms. The molecule has 6 heteroatoms. The Morgan fingerprint density at radius 3 is 3.00 bits per heavy atom. The zero-order valence-electron chi connectivity index (χ0n) is 10.2. The van der Waals surface area contributed by atoms with Gasteiger partial charge in [0.1, 0.15) is 5.69 Å². The molecule has 1 fully saturated rings. The molecule has 1 saturated carbocycles. The largest absolute Gasteiger partial charge is 0.345 e. The molecule has 98 valence electrons. The van der Waals surface area contributed by atoms with Gasteiger partial charge in [-0.25, -0.2) is 0 Å². The van der Waals surface area contributed by atoms with E-state index >= 15 is 0 Å². The van der Waals surface area contributed by atoms with Crippen molar-refractivity contribution in [3.05, 3.63) is 46.5 Å². The van der Waals surface area contributed by atoms with E-state index in [2.05, 4.69) is 20.5 Å². The van der Waals surface area contributed by atoms with Crippen LogP contribution in [0, 0.1) is 0 Å². The molecule has 2 heterocycles. The number of pyridine rings is 1. The number of amides is 1. The molecule has 0 unspecified atom stereocenters. The summed E-state index contributed by atoms with van der Waals surface area (Å²) in [6, 6.07) is 5.35. The zero-order valence-corrected chi connectivity index (χ0v) is 10.9. The number of hydrogen-bond acceptors (Lipinski definition) is 3. The number of carbonyl (C=O) groups is 1. The van der Waals surface area contributed by atoms with Crippen LogP contribution in [-0.2, 0) is 6.54 Å². The molecule has 1 amide bonds. The molecule has 0 bridgehead atoms. The Morgan fingerprint density at radius 1 is 1.47 bits per heavy atom. The lowest BCUT2D eigenvalue weighted by Crippen LogP contribution is -2.23. The van der Waals surface area contributed by atoms with Crippen LogP contribution in [0.3, 0.4) is 0 Å². The second-order valence-electron chi connectivity index (χ2n) is 4.63. The Balaban J connectivity index is 1.59. The summed E-state index contributed by atoms with van der Waals surface area (Å²) in [7, 11) is 0. The van der Waals surface area contributed by atoms with E-state index in [0.29, 0.717) is 23.2 Å². The summed E-state index contributed by atoms with van der Waals surface area (Å²) < 4.78 is 0. The van der Waals surface area contributed by atoms with Gasteiger partial charge in [-0.1, -0.05) is 11.6 Å². The predicted molar refractivity (Wildman–Crippen MR) is 71.0 cm³/mol. The van der Waals surface area contributed by atoms with Crippen LogP contribution in [0.5, 0.6) is 0 Å². The van der Waals surface area contributed by atoms with Gasteiger partial charge in [0.25, 0.3) is 5.91 Å². The summed E-state index contributed by atoms with van der Waals surface area (Å²) in [6.45, 7) is 0.363. The van der Waals surface area contributed by atoms with Crippen LogP contribution in [0.4, 0.5) is 0 Å². The summed E-state index contributed by atoms with van der Waals surface area (Å²) in [5.41, 5.74) is 2.24. The third-order valence-electron chi connectivity index (χ3n) is 3.07. The van der Waals surface area contributed by atoms with E-state index in [1.54, 1.807) is 18.3 Å². The van der Waals surface area contributed by atoms with Gasteiger partial charge in [-0.2, -0.15) is 5.10 Å². The quantitative estimate of drug-likeness (QED) is 0.900. The molecule has 0 saturated heterocycles. The Hall–Kier alpha value is -1.88. The molecule has 2 aromatic rings. The summed E-state index contributed by atoms with van der Waals surface area (Å²) in [5.74, 6) is 0.367. The molecule has 1 aliphatic rings. The van der Waals surface area contributed by atoms with Crippen molar-refractivity contribution in [1.29, 1.82) is 0 Å². The van der Waals surface area contributed by atoms with E-state index in [1.807, 2.05) is 6.07 Å². The minimum atomic E-state index is -0.195. The number of carbonyl (C=O) groups excluding carboxylic acids is 1. The Bertz CT molecular complexity index is 589. The van der Waals surface area contributed by atoms with Crippen molar-refractivity contribution in [2.75, 3.05) is 0 Å². The zero-order chi connectivity index (χ0) is 13.2. The van der Waals surface area contributed by atoms with Crippen LogP contribution in [0.1, 0.15) is 40.6 Å². The van der Waals surface area contributed by atoms with Gasteiger partial charge in [0.05, 0.1) is 17.3 Å². The van der Waals surface area contributed by atoms with Gasteiger partial charge in [0.2, 0.25) is 0 Å². The normalized spacial score (nSPS) is 14.4. The minimum Gasteiger partial charge on any atom is -0.345 e. The average Bonchev–Trinajstić information content (AvgIpc) is 3.15. The lowest BCUT2D eigenvalue weighted by atomic mass is 10.2. The molecule has 2 aromatic heterocycles. The molecule has 3 rings (SSSR count). The average molecular weight is 277 g/mol. The third-order valence-corrected chi connectivity index (χ3v) is 3.29. The number of halogens is 1. The van der Waals surface area contributed by atoms with Crippen molar-refractivity contribution in [2.24, 2.45) is 0 Å². The molecule has 0 aliphatic heterocycles. The fourth-order valence-corrected chi connectivity index (χ4v) is 1.94. The van der Waals surface area contributed by atoms with Gasteiger partial charge < -0.3 is 5.32 Å². The van der Waals surface area contributed by atoms with Crippen LogP contribution < -0.4 is 5.32 Å².